The van der Waals surface area contributed by atoms with Crippen molar-refractivity contribution in [2.45, 2.75) is 6.92 Å². The number of carbonyl (C=O) groups excluding carboxylic acids is 1. The Balaban J connectivity index is 2.72. The van der Waals surface area contributed by atoms with Crippen LogP contribution in [0.4, 0.5) is 0 Å². The van der Waals surface area contributed by atoms with Crippen LogP contribution in [0.1, 0.15) is 17.3 Å². The predicted molar refractivity (Wildman–Crippen MR) is 60.2 cm³/mol. The lowest BCUT2D eigenvalue weighted by molar-refractivity contribution is 0.0910. The molecule has 1 unspecified atom stereocenters. The van der Waals surface area contributed by atoms with Gasteiger partial charge in [0, 0.05) is 18.0 Å². The summed E-state index contributed by atoms with van der Waals surface area (Å²) in [6.45, 7) is 2.65. The van der Waals surface area contributed by atoms with Crippen LogP contribution in [0.3, 0.4) is 0 Å². The number of Topliss-reactive ketones (excluding diaryl/α,β-unsaturated/α-hetero) is 1. The lowest BCUT2D eigenvalue weighted by atomic mass is 9.99. The van der Waals surface area contributed by atoms with Crippen molar-refractivity contribution in [1.82, 2.24) is 4.90 Å². The summed E-state index contributed by atoms with van der Waals surface area (Å²) in [6.07, 6.45) is 0. The smallest absolute Gasteiger partial charge is 0.166 e. The minimum atomic E-state index is -0.0236. The molecule has 0 spiro atoms. The molecule has 0 fully saturated rings. The molecule has 1 rings (SSSR count). The van der Waals surface area contributed by atoms with Gasteiger partial charge < -0.3 is 10.0 Å². The number of carbonyl (C=O) groups is 1. The highest BCUT2D eigenvalue weighted by Gasteiger charge is 2.15. The second-order valence-corrected chi connectivity index (χ2v) is 4.07. The highest BCUT2D eigenvalue weighted by Crippen LogP contribution is 2.13. The van der Waals surface area contributed by atoms with Crippen LogP contribution in [0.2, 0.25) is 0 Å². The summed E-state index contributed by atoms with van der Waals surface area (Å²) in [5, 5.41) is 9.10. The highest BCUT2D eigenvalue weighted by molar-refractivity contribution is 5.97. The monoisotopic (exact) mass is 207 g/mol. The molecule has 0 aliphatic carbocycles. The van der Waals surface area contributed by atoms with Crippen LogP contribution < -0.4 is 0 Å². The van der Waals surface area contributed by atoms with E-state index in [0.29, 0.717) is 5.56 Å². The molecule has 0 bridgehead atoms. The van der Waals surface area contributed by atoms with E-state index in [4.69, 9.17) is 5.11 Å². The Morgan fingerprint density at radius 1 is 1.33 bits per heavy atom. The number of nitrogens with zero attached hydrogens (tertiary/aromatic N) is 1. The summed E-state index contributed by atoms with van der Waals surface area (Å²) in [4.78, 5) is 13.9. The average Bonchev–Trinajstić information content (AvgIpc) is 2.17. The Kier molecular flexibility index (Phi) is 3.86. The molecular weight excluding hydrogens is 190 g/mol. The quantitative estimate of drug-likeness (QED) is 0.765. The van der Waals surface area contributed by atoms with E-state index in [0.717, 1.165) is 6.54 Å². The van der Waals surface area contributed by atoms with Crippen molar-refractivity contribution in [3.63, 3.8) is 0 Å². The van der Waals surface area contributed by atoms with Crippen molar-refractivity contribution >= 4 is 5.78 Å². The number of hydrogen-bond acceptors (Lipinski definition) is 3. The fourth-order valence-corrected chi connectivity index (χ4v) is 1.54. The standard InChI is InChI=1S/C12H17NO2/c1-9(8-13(2)3)12(15)10-4-6-11(14)7-5-10/h4-7,9,14H,8H2,1-3H3. The Bertz CT molecular complexity index is 330. The van der Waals surface area contributed by atoms with Crippen LogP contribution in [-0.4, -0.2) is 36.4 Å². The van der Waals surface area contributed by atoms with E-state index in [1.54, 1.807) is 12.1 Å². The number of phenolic OH excluding ortho intramolecular Hbond substituents is 1. The number of hydrogen-bond donors (Lipinski definition) is 1. The molecule has 1 atom stereocenters. The second-order valence-electron chi connectivity index (χ2n) is 4.07. The van der Waals surface area contributed by atoms with Crippen molar-refractivity contribution in [3.05, 3.63) is 29.8 Å². The van der Waals surface area contributed by atoms with Crippen molar-refractivity contribution < 1.29 is 9.90 Å². The third-order valence-electron chi connectivity index (χ3n) is 2.24. The van der Waals surface area contributed by atoms with Gasteiger partial charge in [-0.2, -0.15) is 0 Å². The second kappa shape index (κ2) is 4.94. The van der Waals surface area contributed by atoms with Gasteiger partial charge in [-0.25, -0.2) is 0 Å². The Morgan fingerprint density at radius 3 is 2.33 bits per heavy atom. The molecule has 82 valence electrons. The zero-order valence-electron chi connectivity index (χ0n) is 9.40. The van der Waals surface area contributed by atoms with E-state index in [1.165, 1.54) is 12.1 Å². The first-order chi connectivity index (χ1) is 7.00. The summed E-state index contributed by atoms with van der Waals surface area (Å²) in [6, 6.07) is 6.39. The molecular formula is C12H17NO2. The molecule has 15 heavy (non-hydrogen) atoms. The Hall–Kier alpha value is -1.35. The normalized spacial score (nSPS) is 12.8. The molecule has 0 aliphatic rings. The zero-order chi connectivity index (χ0) is 11.4. The zero-order valence-corrected chi connectivity index (χ0v) is 9.40. The largest absolute Gasteiger partial charge is 0.508 e. The first-order valence-electron chi connectivity index (χ1n) is 4.98. The van der Waals surface area contributed by atoms with Crippen molar-refractivity contribution in [3.8, 4) is 5.75 Å². The first kappa shape index (κ1) is 11.7. The van der Waals surface area contributed by atoms with Crippen LogP contribution in [0.5, 0.6) is 5.75 Å². The van der Waals surface area contributed by atoms with Gasteiger partial charge in [-0.05, 0) is 38.4 Å². The van der Waals surface area contributed by atoms with Gasteiger partial charge in [0.15, 0.2) is 5.78 Å². The van der Waals surface area contributed by atoms with E-state index in [9.17, 15) is 4.79 Å². The molecule has 3 heteroatoms. The maximum absolute atomic E-state index is 11.9. The molecule has 1 N–H and O–H groups in total. The van der Waals surface area contributed by atoms with Crippen LogP contribution in [0.25, 0.3) is 0 Å². The Labute approximate surface area is 90.3 Å². The summed E-state index contributed by atoms with van der Waals surface area (Å²) in [5.41, 5.74) is 0.655. The van der Waals surface area contributed by atoms with Gasteiger partial charge >= 0.3 is 0 Å². The van der Waals surface area contributed by atoms with Gasteiger partial charge in [-0.1, -0.05) is 6.92 Å². The van der Waals surface area contributed by atoms with Gasteiger partial charge in [-0.3, -0.25) is 4.79 Å². The summed E-state index contributed by atoms with van der Waals surface area (Å²) in [5.74, 6) is 0.278. The number of aromatic hydroxyl groups is 1. The van der Waals surface area contributed by atoms with Crippen LogP contribution in [0.15, 0.2) is 24.3 Å². The highest BCUT2D eigenvalue weighted by atomic mass is 16.3. The molecule has 1 aromatic rings. The van der Waals surface area contributed by atoms with E-state index >= 15 is 0 Å². The molecule has 0 radical (unpaired) electrons. The van der Waals surface area contributed by atoms with Crippen LogP contribution in [0, 0.1) is 5.92 Å². The molecule has 3 nitrogen and oxygen atoms in total. The lowest BCUT2D eigenvalue weighted by Crippen LogP contribution is -2.25. The Morgan fingerprint density at radius 2 is 1.87 bits per heavy atom. The van der Waals surface area contributed by atoms with Gasteiger partial charge in [0.25, 0.3) is 0 Å². The fraction of sp³-hybridized carbons (Fsp3) is 0.417. The first-order valence-corrected chi connectivity index (χ1v) is 4.98. The van der Waals surface area contributed by atoms with Crippen molar-refractivity contribution in [1.29, 1.82) is 0 Å². The van der Waals surface area contributed by atoms with Crippen LogP contribution >= 0.6 is 0 Å². The molecule has 0 aromatic heterocycles. The molecule has 0 aliphatic heterocycles. The fourth-order valence-electron chi connectivity index (χ4n) is 1.54. The average molecular weight is 207 g/mol. The summed E-state index contributed by atoms with van der Waals surface area (Å²) >= 11 is 0. The van der Waals surface area contributed by atoms with Gasteiger partial charge in [0.05, 0.1) is 0 Å². The molecule has 0 saturated carbocycles. The molecule has 0 saturated heterocycles. The molecule has 0 heterocycles. The topological polar surface area (TPSA) is 40.5 Å². The molecule has 1 aromatic carbocycles. The summed E-state index contributed by atoms with van der Waals surface area (Å²) in [7, 11) is 3.89. The maximum Gasteiger partial charge on any atom is 0.166 e. The maximum atomic E-state index is 11.9. The van der Waals surface area contributed by atoms with Gasteiger partial charge in [-0.15, -0.1) is 0 Å². The third-order valence-corrected chi connectivity index (χ3v) is 2.24. The minimum absolute atomic E-state index is 0.0236. The SMILES string of the molecule is CC(CN(C)C)C(=O)c1ccc(O)cc1. The number of ketones is 1. The van der Waals surface area contributed by atoms with E-state index in [1.807, 2.05) is 25.9 Å². The van der Waals surface area contributed by atoms with Crippen molar-refractivity contribution in [2.24, 2.45) is 5.92 Å². The van der Waals surface area contributed by atoms with E-state index < -0.39 is 0 Å². The third kappa shape index (κ3) is 3.36. The number of rotatable bonds is 4. The minimum Gasteiger partial charge on any atom is -0.508 e. The van der Waals surface area contributed by atoms with Crippen LogP contribution in [-0.2, 0) is 0 Å². The molecule has 0 amide bonds. The number of phenols is 1. The summed E-state index contributed by atoms with van der Waals surface area (Å²) < 4.78 is 0. The van der Waals surface area contributed by atoms with Gasteiger partial charge in [0.2, 0.25) is 0 Å². The van der Waals surface area contributed by atoms with Gasteiger partial charge in [0.1, 0.15) is 5.75 Å². The number of benzene rings is 1. The predicted octanol–water partition coefficient (Wildman–Crippen LogP) is 1.77. The van der Waals surface area contributed by atoms with Crippen molar-refractivity contribution in [2.75, 3.05) is 20.6 Å². The van der Waals surface area contributed by atoms with E-state index in [-0.39, 0.29) is 17.5 Å². The lowest BCUT2D eigenvalue weighted by Gasteiger charge is -2.15. The van der Waals surface area contributed by atoms with E-state index in [2.05, 4.69) is 0 Å².